The van der Waals surface area contributed by atoms with Crippen LogP contribution in [0.25, 0.3) is 11.4 Å². The first-order chi connectivity index (χ1) is 16.6. The van der Waals surface area contributed by atoms with Crippen LogP contribution in [0.2, 0.25) is 0 Å². The van der Waals surface area contributed by atoms with E-state index in [1.807, 2.05) is 37.3 Å². The van der Waals surface area contributed by atoms with E-state index in [4.69, 9.17) is 9.26 Å². The molecule has 184 valence electrons. The number of rotatable bonds is 7. The zero-order valence-electron chi connectivity index (χ0n) is 18.9. The van der Waals surface area contributed by atoms with Crippen molar-refractivity contribution < 1.29 is 30.8 Å². The van der Waals surface area contributed by atoms with Crippen molar-refractivity contribution in [2.75, 3.05) is 13.7 Å². The Hall–Kier alpha value is -3.47. The number of hydrogen-bond donors (Lipinski definition) is 0. The highest BCUT2D eigenvalue weighted by Gasteiger charge is 2.46. The number of aromatic nitrogens is 2. The van der Waals surface area contributed by atoms with Gasteiger partial charge < -0.3 is 9.26 Å². The van der Waals surface area contributed by atoms with Gasteiger partial charge in [0.25, 0.3) is 15.7 Å². The van der Waals surface area contributed by atoms with Crippen LogP contribution < -0.4 is 4.74 Å². The number of dihydropyridines is 1. The summed E-state index contributed by atoms with van der Waals surface area (Å²) in [4.78, 5) is 8.00. The lowest BCUT2D eigenvalue weighted by molar-refractivity contribution is -0.0436. The number of aryl methyl sites for hydroxylation is 1. The lowest BCUT2D eigenvalue weighted by atomic mass is 9.90. The van der Waals surface area contributed by atoms with Crippen molar-refractivity contribution in [2.24, 2.45) is 10.9 Å². The molecule has 1 atom stereocenters. The molecule has 0 N–H and O–H groups in total. The Kier molecular flexibility index (Phi) is 6.79. The third kappa shape index (κ3) is 5.29. The van der Waals surface area contributed by atoms with E-state index in [-0.39, 0.29) is 17.6 Å². The molecule has 4 rings (SSSR count). The fourth-order valence-corrected chi connectivity index (χ4v) is 4.44. The monoisotopic (exact) mass is 505 g/mol. The summed E-state index contributed by atoms with van der Waals surface area (Å²) in [7, 11) is -3.79. The van der Waals surface area contributed by atoms with Crippen molar-refractivity contribution in [3.05, 3.63) is 71.6 Å². The van der Waals surface area contributed by atoms with E-state index in [2.05, 4.69) is 15.1 Å². The summed E-state index contributed by atoms with van der Waals surface area (Å²) in [6.07, 6.45) is 3.71. The molecule has 0 amide bonds. The van der Waals surface area contributed by atoms with Gasteiger partial charge in [0.1, 0.15) is 11.5 Å². The molecule has 2 aromatic carbocycles. The second kappa shape index (κ2) is 9.65. The molecule has 3 aromatic rings. The molecule has 11 heteroatoms. The fourth-order valence-electron chi connectivity index (χ4n) is 3.67. The number of halogens is 3. The van der Waals surface area contributed by atoms with E-state index in [0.29, 0.717) is 17.8 Å². The number of ether oxygens (including phenoxy) is 1. The molecular formula is C24H22F3N3O4S. The SMILES string of the molecule is COc1ccc(CCC2CN=C(c3nc(-c4ccc(S(=O)(=O)C(F)(F)F)cc4)no3)C=C2C)cc1. The van der Waals surface area contributed by atoms with Crippen LogP contribution in [0.5, 0.6) is 5.75 Å². The zero-order valence-corrected chi connectivity index (χ0v) is 19.7. The van der Waals surface area contributed by atoms with Crippen molar-refractivity contribution in [3.8, 4) is 17.1 Å². The van der Waals surface area contributed by atoms with Crippen LogP contribution in [-0.4, -0.2) is 43.4 Å². The third-order valence-electron chi connectivity index (χ3n) is 5.80. The average molecular weight is 506 g/mol. The highest BCUT2D eigenvalue weighted by atomic mass is 32.2. The summed E-state index contributed by atoms with van der Waals surface area (Å²) in [5.74, 6) is 1.38. The summed E-state index contributed by atoms with van der Waals surface area (Å²) in [6, 6.07) is 12.1. The second-order valence-electron chi connectivity index (χ2n) is 8.09. The second-order valence-corrected chi connectivity index (χ2v) is 10.0. The van der Waals surface area contributed by atoms with Gasteiger partial charge in [-0.3, -0.25) is 4.99 Å². The molecule has 1 aromatic heterocycles. The maximum absolute atomic E-state index is 12.7. The maximum Gasteiger partial charge on any atom is 0.501 e. The van der Waals surface area contributed by atoms with Crippen LogP contribution >= 0.6 is 0 Å². The van der Waals surface area contributed by atoms with Crippen molar-refractivity contribution in [1.82, 2.24) is 10.1 Å². The normalized spacial score (nSPS) is 16.5. The van der Waals surface area contributed by atoms with Gasteiger partial charge in [-0.25, -0.2) is 8.42 Å². The maximum atomic E-state index is 12.7. The van der Waals surface area contributed by atoms with Gasteiger partial charge in [-0.15, -0.1) is 0 Å². The van der Waals surface area contributed by atoms with Crippen LogP contribution in [0.4, 0.5) is 13.2 Å². The quantitative estimate of drug-likeness (QED) is 0.447. The highest BCUT2D eigenvalue weighted by molar-refractivity contribution is 7.92. The molecule has 0 spiro atoms. The summed E-state index contributed by atoms with van der Waals surface area (Å²) >= 11 is 0. The molecule has 2 heterocycles. The van der Waals surface area contributed by atoms with E-state index in [0.717, 1.165) is 36.3 Å². The number of methoxy groups -OCH3 is 1. The molecule has 35 heavy (non-hydrogen) atoms. The van der Waals surface area contributed by atoms with Crippen LogP contribution in [0.15, 0.2) is 74.6 Å². The van der Waals surface area contributed by atoms with Crippen molar-refractivity contribution in [1.29, 1.82) is 0 Å². The van der Waals surface area contributed by atoms with Crippen LogP contribution in [0, 0.1) is 5.92 Å². The van der Waals surface area contributed by atoms with Crippen LogP contribution in [0.1, 0.15) is 24.8 Å². The average Bonchev–Trinajstić information content (AvgIpc) is 3.33. The Bertz CT molecular complexity index is 1360. The zero-order chi connectivity index (χ0) is 25.2. The number of aliphatic imine (C=N–C) groups is 1. The lowest BCUT2D eigenvalue weighted by Gasteiger charge is -2.20. The van der Waals surface area contributed by atoms with Gasteiger partial charge in [-0.1, -0.05) is 22.9 Å². The summed E-state index contributed by atoms with van der Waals surface area (Å²) in [5, 5.41) is 3.86. The summed E-state index contributed by atoms with van der Waals surface area (Å²) < 4.78 is 71.7. The molecule has 0 fully saturated rings. The van der Waals surface area contributed by atoms with Gasteiger partial charge >= 0.3 is 5.51 Å². The van der Waals surface area contributed by atoms with Crippen LogP contribution in [0.3, 0.4) is 0 Å². The number of alkyl halides is 3. The number of allylic oxidation sites excluding steroid dienone is 1. The fraction of sp³-hybridized carbons (Fsp3) is 0.292. The largest absolute Gasteiger partial charge is 0.501 e. The molecule has 1 unspecified atom stereocenters. The van der Waals surface area contributed by atoms with Gasteiger partial charge in [0.05, 0.1) is 12.0 Å². The van der Waals surface area contributed by atoms with Crippen molar-refractivity contribution in [3.63, 3.8) is 0 Å². The molecule has 0 saturated heterocycles. The van der Waals surface area contributed by atoms with E-state index >= 15 is 0 Å². The molecule has 1 aliphatic heterocycles. The topological polar surface area (TPSA) is 94.7 Å². The molecule has 0 radical (unpaired) electrons. The third-order valence-corrected chi connectivity index (χ3v) is 7.31. The molecule has 0 saturated carbocycles. The molecule has 7 nitrogen and oxygen atoms in total. The molecule has 1 aliphatic rings. The first-order valence-corrected chi connectivity index (χ1v) is 12.2. The Labute approximate surface area is 200 Å². The van der Waals surface area contributed by atoms with E-state index in [9.17, 15) is 21.6 Å². The Balaban J connectivity index is 1.42. The summed E-state index contributed by atoms with van der Waals surface area (Å²) in [5.41, 5.74) is -2.19. The van der Waals surface area contributed by atoms with Gasteiger partial charge in [0.2, 0.25) is 5.82 Å². The highest BCUT2D eigenvalue weighted by Crippen LogP contribution is 2.31. The summed E-state index contributed by atoms with van der Waals surface area (Å²) in [6.45, 7) is 2.58. The molecule has 0 bridgehead atoms. The lowest BCUT2D eigenvalue weighted by Crippen LogP contribution is -2.23. The standard InChI is InChI=1S/C24H22F3N3O4S/c1-15-13-21(28-14-18(15)6-3-16-4-9-19(33-2)10-5-16)23-29-22(30-34-23)17-7-11-20(12-8-17)35(31,32)24(25,26)27/h4-5,7-13,18H,3,6,14H2,1-2H3. The molecule has 0 aliphatic carbocycles. The van der Waals surface area contributed by atoms with E-state index in [1.54, 1.807) is 7.11 Å². The van der Waals surface area contributed by atoms with Gasteiger partial charge in [0, 0.05) is 12.1 Å². The predicted octanol–water partition coefficient (Wildman–Crippen LogP) is 5.04. The van der Waals surface area contributed by atoms with E-state index in [1.165, 1.54) is 17.7 Å². The van der Waals surface area contributed by atoms with Gasteiger partial charge in [-0.2, -0.15) is 18.2 Å². The van der Waals surface area contributed by atoms with Crippen molar-refractivity contribution in [2.45, 2.75) is 30.2 Å². The van der Waals surface area contributed by atoms with Crippen molar-refractivity contribution >= 4 is 15.5 Å². The minimum absolute atomic E-state index is 0.117. The first-order valence-electron chi connectivity index (χ1n) is 10.7. The number of benzene rings is 2. The Morgan fingerprint density at radius 3 is 2.37 bits per heavy atom. The Morgan fingerprint density at radius 1 is 1.09 bits per heavy atom. The minimum atomic E-state index is -5.42. The predicted molar refractivity (Wildman–Crippen MR) is 123 cm³/mol. The first kappa shape index (κ1) is 24.6. The van der Waals surface area contributed by atoms with Gasteiger partial charge in [0.15, 0.2) is 0 Å². The number of sulfone groups is 1. The van der Waals surface area contributed by atoms with E-state index < -0.39 is 20.2 Å². The van der Waals surface area contributed by atoms with Gasteiger partial charge in [-0.05, 0) is 73.7 Å². The van der Waals surface area contributed by atoms with Crippen LogP contribution in [-0.2, 0) is 16.3 Å². The minimum Gasteiger partial charge on any atom is -0.497 e. The molecular weight excluding hydrogens is 483 g/mol. The Morgan fingerprint density at radius 2 is 1.77 bits per heavy atom. The smallest absolute Gasteiger partial charge is 0.497 e. The number of nitrogens with zero attached hydrogens (tertiary/aromatic N) is 3. The number of hydrogen-bond acceptors (Lipinski definition) is 7.